The third-order valence-corrected chi connectivity index (χ3v) is 6.08. The van der Waals surface area contributed by atoms with Crippen molar-refractivity contribution >= 4 is 39.8 Å². The summed E-state index contributed by atoms with van der Waals surface area (Å²) in [6.07, 6.45) is 1.55. The smallest absolute Gasteiger partial charge is 0.332 e. The van der Waals surface area contributed by atoms with Crippen molar-refractivity contribution in [2.75, 3.05) is 6.61 Å². The lowest BCUT2D eigenvalue weighted by Gasteiger charge is -2.07. The van der Waals surface area contributed by atoms with Gasteiger partial charge in [-0.15, -0.1) is 11.3 Å². The number of carbonyl (C=O) groups is 1. The van der Waals surface area contributed by atoms with E-state index in [9.17, 15) is 14.4 Å². The van der Waals surface area contributed by atoms with Crippen LogP contribution in [0.3, 0.4) is 0 Å². The van der Waals surface area contributed by atoms with E-state index in [-0.39, 0.29) is 19.6 Å². The van der Waals surface area contributed by atoms with E-state index in [1.807, 2.05) is 22.2 Å². The lowest BCUT2D eigenvalue weighted by Crippen LogP contribution is -2.37. The van der Waals surface area contributed by atoms with Crippen molar-refractivity contribution in [3.05, 3.63) is 55.1 Å². The summed E-state index contributed by atoms with van der Waals surface area (Å²) in [5.41, 5.74) is 1.43. The number of hydrogen-bond acceptors (Lipinski definition) is 8. The monoisotopic (exact) mass is 431 g/mol. The first-order valence-electron chi connectivity index (χ1n) is 8.69. The number of ether oxygens (including phenoxy) is 1. The number of aryl methyl sites for hydroxylation is 1. The van der Waals surface area contributed by atoms with Crippen molar-refractivity contribution in [2.45, 2.75) is 13.0 Å². The molecule has 9 nitrogen and oxygen atoms in total. The van der Waals surface area contributed by atoms with Gasteiger partial charge in [0.15, 0.2) is 11.2 Å². The minimum absolute atomic E-state index is 0.0812. The van der Waals surface area contributed by atoms with Gasteiger partial charge in [-0.1, -0.05) is 0 Å². The second kappa shape index (κ2) is 7.76. The fourth-order valence-corrected chi connectivity index (χ4v) is 4.46. The topological polar surface area (TPSA) is 101 Å². The van der Waals surface area contributed by atoms with E-state index in [1.54, 1.807) is 23.0 Å². The summed E-state index contributed by atoms with van der Waals surface area (Å²) < 4.78 is 9.22. The zero-order valence-corrected chi connectivity index (χ0v) is 17.3. The number of esters is 1. The van der Waals surface area contributed by atoms with Crippen LogP contribution in [0.25, 0.3) is 21.7 Å². The lowest BCUT2D eigenvalue weighted by atomic mass is 10.3. The predicted molar refractivity (Wildman–Crippen MR) is 110 cm³/mol. The molecule has 0 saturated carbocycles. The number of nitrogens with zero attached hydrogens (tertiary/aromatic N) is 5. The maximum absolute atomic E-state index is 12.4. The van der Waals surface area contributed by atoms with Crippen LogP contribution >= 0.6 is 22.7 Å². The molecule has 0 bridgehead atoms. The highest BCUT2D eigenvalue weighted by atomic mass is 32.1. The summed E-state index contributed by atoms with van der Waals surface area (Å²) in [6, 6.07) is 1.99. The number of fused-ring (bicyclic) bond motifs is 1. The molecule has 0 spiro atoms. The van der Waals surface area contributed by atoms with E-state index in [1.165, 1.54) is 29.3 Å². The van der Waals surface area contributed by atoms with Crippen LogP contribution in [0.2, 0.25) is 0 Å². The maximum atomic E-state index is 12.4. The molecule has 0 aliphatic heterocycles. The number of hydrogen-bond donors (Lipinski definition) is 0. The molecule has 0 N–H and O–H groups in total. The number of thiophene rings is 1. The Morgan fingerprint density at radius 3 is 2.79 bits per heavy atom. The summed E-state index contributed by atoms with van der Waals surface area (Å²) in [5, 5.41) is 6.72. The number of thiazole rings is 1. The Hall–Kier alpha value is -3.05. The SMILES string of the molecule is Cn1c(=O)c2c(ncn2CCOC(=O)Cc2csc(-c3ccsc3)n2)n(C)c1=O. The van der Waals surface area contributed by atoms with Gasteiger partial charge in [-0.2, -0.15) is 11.3 Å². The molecule has 150 valence electrons. The van der Waals surface area contributed by atoms with Gasteiger partial charge < -0.3 is 9.30 Å². The van der Waals surface area contributed by atoms with Gasteiger partial charge in [0.2, 0.25) is 0 Å². The zero-order valence-electron chi connectivity index (χ0n) is 15.7. The Morgan fingerprint density at radius 1 is 1.21 bits per heavy atom. The van der Waals surface area contributed by atoms with E-state index in [4.69, 9.17) is 4.74 Å². The summed E-state index contributed by atoms with van der Waals surface area (Å²) in [4.78, 5) is 45.1. The van der Waals surface area contributed by atoms with Gasteiger partial charge in [-0.3, -0.25) is 18.7 Å². The number of carbonyl (C=O) groups excluding carboxylic acids is 1. The lowest BCUT2D eigenvalue weighted by molar-refractivity contribution is -0.143. The summed E-state index contributed by atoms with van der Waals surface area (Å²) in [6.45, 7) is 0.338. The van der Waals surface area contributed by atoms with Crippen LogP contribution in [-0.4, -0.2) is 36.2 Å². The summed E-state index contributed by atoms with van der Waals surface area (Å²) in [7, 11) is 2.97. The summed E-state index contributed by atoms with van der Waals surface area (Å²) in [5.74, 6) is -0.392. The molecular weight excluding hydrogens is 414 g/mol. The molecule has 11 heteroatoms. The van der Waals surface area contributed by atoms with E-state index in [2.05, 4.69) is 9.97 Å². The molecule has 0 aliphatic carbocycles. The quantitative estimate of drug-likeness (QED) is 0.428. The highest BCUT2D eigenvalue weighted by molar-refractivity contribution is 7.14. The first-order chi connectivity index (χ1) is 14.0. The minimum Gasteiger partial charge on any atom is -0.463 e. The first kappa shape index (κ1) is 19.3. The molecule has 4 heterocycles. The van der Waals surface area contributed by atoms with Gasteiger partial charge in [-0.05, 0) is 11.4 Å². The van der Waals surface area contributed by atoms with E-state index in [0.29, 0.717) is 16.9 Å². The standard InChI is InChI=1S/C18H17N5O4S2/c1-21-15-14(17(25)22(2)18(21)26)23(10-19-15)4-5-27-13(24)7-12-9-29-16(20-12)11-3-6-28-8-11/h3,6,8-10H,4-5,7H2,1-2H3. The average Bonchev–Trinajstić information content (AvgIpc) is 3.45. The van der Waals surface area contributed by atoms with E-state index < -0.39 is 17.2 Å². The fraction of sp³-hybridized carbons (Fsp3) is 0.278. The van der Waals surface area contributed by atoms with Crippen molar-refractivity contribution in [3.63, 3.8) is 0 Å². The molecule has 0 amide bonds. The molecule has 4 aromatic heterocycles. The van der Waals surface area contributed by atoms with E-state index in [0.717, 1.165) is 15.1 Å². The average molecular weight is 431 g/mol. The molecule has 0 atom stereocenters. The Bertz CT molecular complexity index is 1300. The number of rotatable bonds is 6. The van der Waals surface area contributed by atoms with E-state index >= 15 is 0 Å². The highest BCUT2D eigenvalue weighted by Crippen LogP contribution is 2.25. The van der Waals surface area contributed by atoms with Gasteiger partial charge in [0.1, 0.15) is 11.6 Å². The third-order valence-electron chi connectivity index (χ3n) is 4.46. The van der Waals surface area contributed by atoms with Crippen LogP contribution in [0.5, 0.6) is 0 Å². The molecule has 0 aromatic carbocycles. The second-order valence-electron chi connectivity index (χ2n) is 6.37. The molecule has 0 aliphatic rings. The largest absolute Gasteiger partial charge is 0.463 e. The number of aromatic nitrogens is 5. The van der Waals surface area contributed by atoms with Crippen LogP contribution in [-0.2, 0) is 36.6 Å². The summed E-state index contributed by atoms with van der Waals surface area (Å²) >= 11 is 3.08. The van der Waals surface area contributed by atoms with Crippen LogP contribution in [0.4, 0.5) is 0 Å². The predicted octanol–water partition coefficient (Wildman–Crippen LogP) is 1.40. The molecule has 4 rings (SSSR count). The molecule has 4 aromatic rings. The van der Waals surface area contributed by atoms with Crippen molar-refractivity contribution in [3.8, 4) is 10.6 Å². The molecule has 0 unspecified atom stereocenters. The van der Waals surface area contributed by atoms with Crippen LogP contribution in [0, 0.1) is 0 Å². The van der Waals surface area contributed by atoms with Gasteiger partial charge >= 0.3 is 11.7 Å². The Kier molecular flexibility index (Phi) is 5.16. The first-order valence-corrected chi connectivity index (χ1v) is 10.5. The van der Waals surface area contributed by atoms with Gasteiger partial charge in [-0.25, -0.2) is 14.8 Å². The number of imidazole rings is 1. The molecule has 0 radical (unpaired) electrons. The normalized spacial score (nSPS) is 11.2. The Balaban J connectivity index is 1.40. The van der Waals surface area contributed by atoms with Crippen molar-refractivity contribution < 1.29 is 9.53 Å². The van der Waals surface area contributed by atoms with Crippen LogP contribution in [0.1, 0.15) is 5.69 Å². The van der Waals surface area contributed by atoms with Gasteiger partial charge in [0.25, 0.3) is 5.56 Å². The van der Waals surface area contributed by atoms with Gasteiger partial charge in [0.05, 0.1) is 25.0 Å². The van der Waals surface area contributed by atoms with Crippen LogP contribution in [0.15, 0.2) is 38.1 Å². The highest BCUT2D eigenvalue weighted by Gasteiger charge is 2.15. The molecule has 29 heavy (non-hydrogen) atoms. The maximum Gasteiger partial charge on any atom is 0.332 e. The third kappa shape index (κ3) is 3.66. The fourth-order valence-electron chi connectivity index (χ4n) is 2.93. The van der Waals surface area contributed by atoms with Crippen molar-refractivity contribution in [1.82, 2.24) is 23.7 Å². The Morgan fingerprint density at radius 2 is 2.03 bits per heavy atom. The molecule has 0 saturated heterocycles. The van der Waals surface area contributed by atoms with Crippen molar-refractivity contribution in [1.29, 1.82) is 0 Å². The molecule has 0 fully saturated rings. The second-order valence-corrected chi connectivity index (χ2v) is 8.01. The molecular formula is C18H17N5O4S2. The zero-order chi connectivity index (χ0) is 20.5. The van der Waals surface area contributed by atoms with Gasteiger partial charge in [0, 0.05) is 30.4 Å². The Labute approximate surface area is 172 Å². The minimum atomic E-state index is -0.440. The van der Waals surface area contributed by atoms with Crippen molar-refractivity contribution in [2.24, 2.45) is 14.1 Å². The van der Waals surface area contributed by atoms with Crippen LogP contribution < -0.4 is 11.2 Å².